The lowest BCUT2D eigenvalue weighted by molar-refractivity contribution is -0.142. The zero-order valence-electron chi connectivity index (χ0n) is 6.10. The standard InChI is InChI=1S/C7H15NO/c1-2-7-9-8-5-3-4-6-8/h2-7H2,1H3. The zero-order valence-corrected chi connectivity index (χ0v) is 6.10. The van der Waals surface area contributed by atoms with Crippen molar-refractivity contribution >= 4 is 0 Å². The largest absolute Gasteiger partial charge is 0.299 e. The molecule has 1 aliphatic heterocycles. The van der Waals surface area contributed by atoms with Gasteiger partial charge in [-0.15, -0.1) is 0 Å². The summed E-state index contributed by atoms with van der Waals surface area (Å²) in [5, 5.41) is 2.07. The van der Waals surface area contributed by atoms with Crippen LogP contribution in [0.25, 0.3) is 0 Å². The van der Waals surface area contributed by atoms with Crippen molar-refractivity contribution in [1.82, 2.24) is 5.06 Å². The van der Waals surface area contributed by atoms with E-state index in [4.69, 9.17) is 4.84 Å². The van der Waals surface area contributed by atoms with E-state index in [9.17, 15) is 0 Å². The van der Waals surface area contributed by atoms with E-state index in [1.165, 1.54) is 12.8 Å². The van der Waals surface area contributed by atoms with Crippen LogP contribution in [0.3, 0.4) is 0 Å². The van der Waals surface area contributed by atoms with E-state index in [-0.39, 0.29) is 0 Å². The average Bonchev–Trinajstić information content (AvgIpc) is 2.34. The maximum atomic E-state index is 5.39. The van der Waals surface area contributed by atoms with Crippen molar-refractivity contribution in [3.63, 3.8) is 0 Å². The van der Waals surface area contributed by atoms with Gasteiger partial charge in [-0.25, -0.2) is 0 Å². The molecule has 0 spiro atoms. The predicted molar refractivity (Wildman–Crippen MR) is 37.0 cm³/mol. The van der Waals surface area contributed by atoms with Gasteiger partial charge < -0.3 is 0 Å². The van der Waals surface area contributed by atoms with Crippen LogP contribution in [0.4, 0.5) is 0 Å². The van der Waals surface area contributed by atoms with Gasteiger partial charge in [-0.3, -0.25) is 4.84 Å². The van der Waals surface area contributed by atoms with Crippen molar-refractivity contribution in [2.24, 2.45) is 0 Å². The van der Waals surface area contributed by atoms with Crippen LogP contribution >= 0.6 is 0 Å². The molecule has 0 radical (unpaired) electrons. The Morgan fingerprint density at radius 1 is 1.33 bits per heavy atom. The van der Waals surface area contributed by atoms with Crippen molar-refractivity contribution in [1.29, 1.82) is 0 Å². The Hall–Kier alpha value is -0.0800. The topological polar surface area (TPSA) is 12.5 Å². The summed E-state index contributed by atoms with van der Waals surface area (Å²) in [7, 11) is 0. The first-order valence-electron chi connectivity index (χ1n) is 3.81. The third-order valence-corrected chi connectivity index (χ3v) is 1.54. The van der Waals surface area contributed by atoms with Crippen molar-refractivity contribution in [2.45, 2.75) is 26.2 Å². The molecule has 0 N–H and O–H groups in total. The summed E-state index contributed by atoms with van der Waals surface area (Å²) in [6.07, 6.45) is 3.74. The molecule has 0 atom stereocenters. The van der Waals surface area contributed by atoms with Crippen molar-refractivity contribution < 1.29 is 4.84 Å². The number of hydroxylamine groups is 2. The van der Waals surface area contributed by atoms with Gasteiger partial charge in [0.25, 0.3) is 0 Å². The minimum atomic E-state index is 0.889. The Bertz CT molecular complexity index is 69.3. The molecule has 1 aliphatic rings. The summed E-state index contributed by atoms with van der Waals surface area (Å²) in [6, 6.07) is 0. The molecule has 0 aliphatic carbocycles. The first-order valence-corrected chi connectivity index (χ1v) is 3.81. The van der Waals surface area contributed by atoms with Crippen LogP contribution in [0, 0.1) is 0 Å². The Morgan fingerprint density at radius 2 is 2.00 bits per heavy atom. The molecule has 0 saturated carbocycles. The van der Waals surface area contributed by atoms with Crippen LogP contribution in [-0.2, 0) is 4.84 Å². The van der Waals surface area contributed by atoms with Crippen LogP contribution in [0.5, 0.6) is 0 Å². The highest BCUT2D eigenvalue weighted by atomic mass is 16.7. The highest BCUT2D eigenvalue weighted by Crippen LogP contribution is 2.07. The first-order chi connectivity index (χ1) is 4.43. The van der Waals surface area contributed by atoms with Crippen molar-refractivity contribution in [3.8, 4) is 0 Å². The van der Waals surface area contributed by atoms with Gasteiger partial charge in [0.2, 0.25) is 0 Å². The molecule has 0 aromatic carbocycles. The molecule has 2 heteroatoms. The Morgan fingerprint density at radius 3 is 2.56 bits per heavy atom. The normalized spacial score (nSPS) is 21.0. The highest BCUT2D eigenvalue weighted by Gasteiger charge is 2.10. The second-order valence-electron chi connectivity index (χ2n) is 2.47. The molecule has 54 valence electrons. The molecule has 1 fully saturated rings. The highest BCUT2D eigenvalue weighted by molar-refractivity contribution is 4.56. The summed E-state index contributed by atoms with van der Waals surface area (Å²) < 4.78 is 0. The fraction of sp³-hybridized carbons (Fsp3) is 1.00. The van der Waals surface area contributed by atoms with Crippen LogP contribution in [0.1, 0.15) is 26.2 Å². The molecule has 1 rings (SSSR count). The van der Waals surface area contributed by atoms with Gasteiger partial charge in [-0.05, 0) is 19.3 Å². The van der Waals surface area contributed by atoms with E-state index >= 15 is 0 Å². The van der Waals surface area contributed by atoms with Gasteiger partial charge in [0.1, 0.15) is 0 Å². The van der Waals surface area contributed by atoms with E-state index in [2.05, 4.69) is 12.0 Å². The predicted octanol–water partition coefficient (Wildman–Crippen LogP) is 1.42. The second kappa shape index (κ2) is 3.85. The van der Waals surface area contributed by atoms with E-state index in [0.717, 1.165) is 26.1 Å². The Balaban J connectivity index is 1.98. The lowest BCUT2D eigenvalue weighted by atomic mass is 10.4. The van der Waals surface area contributed by atoms with Gasteiger partial charge in [0.15, 0.2) is 0 Å². The van der Waals surface area contributed by atoms with Crippen LogP contribution in [0.2, 0.25) is 0 Å². The van der Waals surface area contributed by atoms with E-state index in [1.54, 1.807) is 0 Å². The minimum absolute atomic E-state index is 0.889. The van der Waals surface area contributed by atoms with Gasteiger partial charge in [-0.2, -0.15) is 5.06 Å². The molecule has 0 aromatic heterocycles. The number of nitrogens with zero attached hydrogens (tertiary/aromatic N) is 1. The molecular formula is C7H15NO. The first kappa shape index (κ1) is 7.03. The average molecular weight is 129 g/mol. The van der Waals surface area contributed by atoms with Crippen LogP contribution in [0.15, 0.2) is 0 Å². The number of rotatable bonds is 3. The third-order valence-electron chi connectivity index (χ3n) is 1.54. The quantitative estimate of drug-likeness (QED) is 0.571. The molecule has 1 saturated heterocycles. The van der Waals surface area contributed by atoms with Gasteiger partial charge in [0.05, 0.1) is 6.61 Å². The van der Waals surface area contributed by atoms with Crippen LogP contribution < -0.4 is 0 Å². The summed E-state index contributed by atoms with van der Waals surface area (Å²) in [5.74, 6) is 0. The van der Waals surface area contributed by atoms with Crippen molar-refractivity contribution in [3.05, 3.63) is 0 Å². The van der Waals surface area contributed by atoms with Gasteiger partial charge in [0, 0.05) is 13.1 Å². The second-order valence-corrected chi connectivity index (χ2v) is 2.47. The third kappa shape index (κ3) is 2.33. The lowest BCUT2D eigenvalue weighted by Gasteiger charge is -2.12. The number of hydrogen-bond acceptors (Lipinski definition) is 2. The van der Waals surface area contributed by atoms with Gasteiger partial charge in [-0.1, -0.05) is 6.92 Å². The molecule has 0 amide bonds. The fourth-order valence-corrected chi connectivity index (χ4v) is 1.04. The van der Waals surface area contributed by atoms with Crippen LogP contribution in [-0.4, -0.2) is 24.8 Å². The summed E-state index contributed by atoms with van der Waals surface area (Å²) in [5.41, 5.74) is 0. The van der Waals surface area contributed by atoms with Gasteiger partial charge >= 0.3 is 0 Å². The summed E-state index contributed by atoms with van der Waals surface area (Å²) in [4.78, 5) is 5.39. The molecule has 9 heavy (non-hydrogen) atoms. The fourth-order valence-electron chi connectivity index (χ4n) is 1.04. The lowest BCUT2D eigenvalue weighted by Crippen LogP contribution is -2.19. The molecule has 2 nitrogen and oxygen atoms in total. The molecule has 0 bridgehead atoms. The zero-order chi connectivity index (χ0) is 6.53. The molecule has 0 aromatic rings. The maximum Gasteiger partial charge on any atom is 0.0682 e. The van der Waals surface area contributed by atoms with E-state index in [0.29, 0.717) is 0 Å². The minimum Gasteiger partial charge on any atom is -0.299 e. The number of hydrogen-bond donors (Lipinski definition) is 0. The van der Waals surface area contributed by atoms with E-state index in [1.807, 2.05) is 0 Å². The molecule has 1 heterocycles. The smallest absolute Gasteiger partial charge is 0.0682 e. The molecule has 0 unspecified atom stereocenters. The summed E-state index contributed by atoms with van der Waals surface area (Å²) >= 11 is 0. The monoisotopic (exact) mass is 129 g/mol. The Kier molecular flexibility index (Phi) is 3.01. The summed E-state index contributed by atoms with van der Waals surface area (Å²) in [6.45, 7) is 5.30. The Labute approximate surface area is 56.8 Å². The maximum absolute atomic E-state index is 5.39. The molecular weight excluding hydrogens is 114 g/mol. The van der Waals surface area contributed by atoms with E-state index < -0.39 is 0 Å². The van der Waals surface area contributed by atoms with Crippen molar-refractivity contribution in [2.75, 3.05) is 19.7 Å². The SMILES string of the molecule is CCCON1CCCC1.